The Balaban J connectivity index is 3.33. The largest absolute Gasteiger partial charge is 0.465 e. The molecule has 0 saturated heterocycles. The smallest absolute Gasteiger partial charge is 0.341 e. The number of hydrogen-bond acceptors (Lipinski definition) is 3. The molecule has 0 aliphatic rings. The van der Waals surface area contributed by atoms with Gasteiger partial charge in [-0.2, -0.15) is 0 Å². The second kappa shape index (κ2) is 3.95. The normalized spacial score (nSPS) is 9.77. The molecule has 0 saturated carbocycles. The summed E-state index contributed by atoms with van der Waals surface area (Å²) in [6.07, 6.45) is 0. The molecular formula is C9H10INO2. The van der Waals surface area contributed by atoms with Gasteiger partial charge >= 0.3 is 5.97 Å². The number of ether oxygens (including phenoxy) is 1. The lowest BCUT2D eigenvalue weighted by Gasteiger charge is -2.07. The van der Waals surface area contributed by atoms with Crippen molar-refractivity contribution < 1.29 is 9.53 Å². The van der Waals surface area contributed by atoms with E-state index in [0.717, 1.165) is 9.13 Å². The highest BCUT2D eigenvalue weighted by molar-refractivity contribution is 14.1. The minimum Gasteiger partial charge on any atom is -0.465 e. The van der Waals surface area contributed by atoms with Crippen LogP contribution in [0.5, 0.6) is 0 Å². The lowest BCUT2D eigenvalue weighted by molar-refractivity contribution is 0.0600. The van der Waals surface area contributed by atoms with Gasteiger partial charge in [-0.1, -0.05) is 6.07 Å². The number of rotatable bonds is 1. The molecule has 0 atom stereocenters. The van der Waals surface area contributed by atoms with E-state index in [1.807, 2.05) is 13.0 Å². The average Bonchev–Trinajstić information content (AvgIpc) is 2.12. The van der Waals surface area contributed by atoms with E-state index in [4.69, 9.17) is 5.73 Å². The molecule has 2 N–H and O–H groups in total. The number of benzene rings is 1. The average molecular weight is 291 g/mol. The van der Waals surface area contributed by atoms with Gasteiger partial charge in [-0.25, -0.2) is 4.79 Å². The Labute approximate surface area is 90.4 Å². The molecule has 0 unspecified atom stereocenters. The standard InChI is InChI=1S/C9H10INO2/c1-5-3-4-6(11)7(8(5)10)9(12)13-2/h3-4H,11H2,1-2H3. The molecule has 0 spiro atoms. The van der Waals surface area contributed by atoms with Crippen LogP contribution in [0.15, 0.2) is 12.1 Å². The topological polar surface area (TPSA) is 52.3 Å². The van der Waals surface area contributed by atoms with Crippen LogP contribution in [0.25, 0.3) is 0 Å². The Hall–Kier alpha value is -0.780. The van der Waals surface area contributed by atoms with E-state index >= 15 is 0 Å². The summed E-state index contributed by atoms with van der Waals surface area (Å²) < 4.78 is 5.48. The fourth-order valence-corrected chi connectivity index (χ4v) is 1.72. The van der Waals surface area contributed by atoms with Crippen molar-refractivity contribution in [1.29, 1.82) is 0 Å². The van der Waals surface area contributed by atoms with Crippen molar-refractivity contribution in [3.63, 3.8) is 0 Å². The van der Waals surface area contributed by atoms with E-state index in [-0.39, 0.29) is 5.97 Å². The second-order valence-corrected chi connectivity index (χ2v) is 3.73. The summed E-state index contributed by atoms with van der Waals surface area (Å²) in [6.45, 7) is 1.92. The Morgan fingerprint density at radius 3 is 2.69 bits per heavy atom. The Bertz CT molecular complexity index is 350. The molecule has 0 aliphatic carbocycles. The molecule has 3 nitrogen and oxygen atoms in total. The van der Waals surface area contributed by atoms with Gasteiger partial charge in [0.05, 0.1) is 12.7 Å². The first-order valence-corrected chi connectivity index (χ1v) is 4.78. The van der Waals surface area contributed by atoms with Crippen LogP contribution >= 0.6 is 22.6 Å². The molecule has 0 aromatic heterocycles. The van der Waals surface area contributed by atoms with Crippen LogP contribution in [-0.4, -0.2) is 13.1 Å². The van der Waals surface area contributed by atoms with Crippen LogP contribution in [0.4, 0.5) is 5.69 Å². The zero-order valence-electron chi connectivity index (χ0n) is 7.43. The SMILES string of the molecule is COC(=O)c1c(N)ccc(C)c1I. The molecule has 0 amide bonds. The van der Waals surface area contributed by atoms with E-state index in [1.165, 1.54) is 7.11 Å². The van der Waals surface area contributed by atoms with Gasteiger partial charge in [0.2, 0.25) is 0 Å². The first-order valence-electron chi connectivity index (χ1n) is 3.70. The van der Waals surface area contributed by atoms with Gasteiger partial charge < -0.3 is 10.5 Å². The van der Waals surface area contributed by atoms with Crippen molar-refractivity contribution in [2.75, 3.05) is 12.8 Å². The van der Waals surface area contributed by atoms with Crippen LogP contribution in [-0.2, 0) is 4.74 Å². The number of nitrogens with two attached hydrogens (primary N) is 1. The van der Waals surface area contributed by atoms with Crippen molar-refractivity contribution in [3.8, 4) is 0 Å². The van der Waals surface area contributed by atoms with E-state index in [2.05, 4.69) is 27.3 Å². The maximum Gasteiger partial charge on any atom is 0.341 e. The van der Waals surface area contributed by atoms with Crippen LogP contribution < -0.4 is 5.73 Å². The highest BCUT2D eigenvalue weighted by Crippen LogP contribution is 2.23. The molecule has 1 rings (SSSR count). The van der Waals surface area contributed by atoms with Gasteiger partial charge in [-0.3, -0.25) is 0 Å². The maximum atomic E-state index is 11.3. The number of aryl methyl sites for hydroxylation is 1. The minimum absolute atomic E-state index is 0.384. The first kappa shape index (κ1) is 10.3. The van der Waals surface area contributed by atoms with Crippen molar-refractivity contribution in [2.45, 2.75) is 6.92 Å². The zero-order chi connectivity index (χ0) is 10.0. The lowest BCUT2D eigenvalue weighted by atomic mass is 10.1. The molecule has 0 radical (unpaired) electrons. The summed E-state index contributed by atoms with van der Waals surface area (Å²) in [5.74, 6) is -0.384. The number of anilines is 1. The Morgan fingerprint density at radius 2 is 2.15 bits per heavy atom. The number of esters is 1. The number of hydrogen-bond donors (Lipinski definition) is 1. The molecule has 70 valence electrons. The van der Waals surface area contributed by atoms with Gasteiger partial charge in [0.25, 0.3) is 0 Å². The fourth-order valence-electron chi connectivity index (χ4n) is 1.00. The molecular weight excluding hydrogens is 281 g/mol. The fraction of sp³-hybridized carbons (Fsp3) is 0.222. The second-order valence-electron chi connectivity index (χ2n) is 2.65. The molecule has 0 fully saturated rings. The molecule has 0 bridgehead atoms. The summed E-state index contributed by atoms with van der Waals surface area (Å²) in [6, 6.07) is 3.59. The van der Waals surface area contributed by atoms with Gasteiger partial charge in [0, 0.05) is 9.26 Å². The Morgan fingerprint density at radius 1 is 1.54 bits per heavy atom. The zero-order valence-corrected chi connectivity index (χ0v) is 9.58. The van der Waals surface area contributed by atoms with Crippen LogP contribution in [0.1, 0.15) is 15.9 Å². The summed E-state index contributed by atoms with van der Waals surface area (Å²) in [5, 5.41) is 0. The molecule has 1 aromatic rings. The van der Waals surface area contributed by atoms with Gasteiger partial charge in [0.15, 0.2) is 0 Å². The predicted molar refractivity (Wildman–Crippen MR) is 59.6 cm³/mol. The number of carbonyl (C=O) groups excluding carboxylic acids is 1. The van der Waals surface area contributed by atoms with Gasteiger partial charge in [-0.05, 0) is 41.1 Å². The number of methoxy groups -OCH3 is 1. The first-order chi connectivity index (χ1) is 6.07. The third-order valence-electron chi connectivity index (χ3n) is 1.76. The maximum absolute atomic E-state index is 11.3. The highest BCUT2D eigenvalue weighted by atomic mass is 127. The van der Waals surface area contributed by atoms with E-state index in [9.17, 15) is 4.79 Å². The van der Waals surface area contributed by atoms with Crippen molar-refractivity contribution in [1.82, 2.24) is 0 Å². The third-order valence-corrected chi connectivity index (χ3v) is 3.15. The monoisotopic (exact) mass is 291 g/mol. The third kappa shape index (κ3) is 1.93. The summed E-state index contributed by atoms with van der Waals surface area (Å²) in [7, 11) is 1.35. The quantitative estimate of drug-likeness (QED) is 0.489. The van der Waals surface area contributed by atoms with Crippen LogP contribution in [0, 0.1) is 10.5 Å². The lowest BCUT2D eigenvalue weighted by Crippen LogP contribution is -2.08. The molecule has 4 heteroatoms. The van der Waals surface area contributed by atoms with Crippen molar-refractivity contribution in [3.05, 3.63) is 26.8 Å². The molecule has 0 heterocycles. The van der Waals surface area contributed by atoms with E-state index in [0.29, 0.717) is 11.3 Å². The molecule has 0 aliphatic heterocycles. The van der Waals surface area contributed by atoms with Crippen LogP contribution in [0.2, 0.25) is 0 Å². The highest BCUT2D eigenvalue weighted by Gasteiger charge is 2.15. The molecule has 13 heavy (non-hydrogen) atoms. The number of halogens is 1. The summed E-state index contributed by atoms with van der Waals surface area (Å²) >= 11 is 2.09. The van der Waals surface area contributed by atoms with E-state index in [1.54, 1.807) is 6.07 Å². The van der Waals surface area contributed by atoms with Crippen LogP contribution in [0.3, 0.4) is 0 Å². The van der Waals surface area contributed by atoms with Gasteiger partial charge in [-0.15, -0.1) is 0 Å². The van der Waals surface area contributed by atoms with Crippen molar-refractivity contribution >= 4 is 34.2 Å². The predicted octanol–water partition coefficient (Wildman–Crippen LogP) is 1.97. The number of nitrogen functional groups attached to an aromatic ring is 1. The minimum atomic E-state index is -0.384. The summed E-state index contributed by atoms with van der Waals surface area (Å²) in [4.78, 5) is 11.3. The summed E-state index contributed by atoms with van der Waals surface area (Å²) in [5.41, 5.74) is 7.61. The van der Waals surface area contributed by atoms with Crippen molar-refractivity contribution in [2.24, 2.45) is 0 Å². The molecule has 1 aromatic carbocycles. The van der Waals surface area contributed by atoms with E-state index < -0.39 is 0 Å². The Kier molecular flexibility index (Phi) is 3.13. The number of carbonyl (C=O) groups is 1. The van der Waals surface area contributed by atoms with Gasteiger partial charge in [0.1, 0.15) is 0 Å².